The van der Waals surface area contributed by atoms with Gasteiger partial charge in [0.05, 0.1) is 12.7 Å². The number of hydrogen-bond acceptors (Lipinski definition) is 5. The van der Waals surface area contributed by atoms with E-state index in [-0.39, 0.29) is 24.1 Å². The Morgan fingerprint density at radius 2 is 2.24 bits per heavy atom. The van der Waals surface area contributed by atoms with Gasteiger partial charge < -0.3 is 14.9 Å². The second-order valence-corrected chi connectivity index (χ2v) is 5.95. The van der Waals surface area contributed by atoms with Crippen molar-refractivity contribution in [1.29, 1.82) is 0 Å². The third kappa shape index (κ3) is 3.49. The molecule has 1 amide bonds. The van der Waals surface area contributed by atoms with Gasteiger partial charge in [0.1, 0.15) is 12.0 Å². The van der Waals surface area contributed by atoms with Crippen LogP contribution in [0.1, 0.15) is 31.3 Å². The van der Waals surface area contributed by atoms with Crippen LogP contribution in [0.25, 0.3) is 17.1 Å². The minimum atomic E-state index is -0.319. The summed E-state index contributed by atoms with van der Waals surface area (Å²) in [6.45, 7) is 4.23. The van der Waals surface area contributed by atoms with Gasteiger partial charge in [-0.15, -0.1) is 10.2 Å². The molecule has 0 radical (unpaired) electrons. The highest BCUT2D eigenvalue weighted by atomic mass is 16.1. The summed E-state index contributed by atoms with van der Waals surface area (Å²) in [5.74, 6) is 0.322. The molecule has 0 aliphatic carbocycles. The molecule has 2 N–H and O–H groups in total. The number of nitrogens with zero attached hydrogens (tertiary/aromatic N) is 5. The number of aromatic amines is 1. The number of carbonyl (C=O) groups excluding carboxylic acids is 1. The van der Waals surface area contributed by atoms with Crippen molar-refractivity contribution in [3.8, 4) is 0 Å². The first-order valence-electron chi connectivity index (χ1n) is 7.85. The van der Waals surface area contributed by atoms with Crippen LogP contribution in [0.3, 0.4) is 0 Å². The first-order valence-corrected chi connectivity index (χ1v) is 7.85. The van der Waals surface area contributed by atoms with E-state index in [1.165, 1.54) is 12.2 Å². The Morgan fingerprint density at radius 3 is 2.92 bits per heavy atom. The molecular weight excluding hydrogens is 322 g/mol. The number of amides is 1. The predicted molar refractivity (Wildman–Crippen MR) is 92.6 cm³/mol. The van der Waals surface area contributed by atoms with Crippen molar-refractivity contribution in [3.05, 3.63) is 46.4 Å². The minimum absolute atomic E-state index is 0.140. The number of pyridine rings is 1. The second kappa shape index (κ2) is 6.71. The number of hydrogen-bond donors (Lipinski definition) is 2. The molecule has 0 bridgehead atoms. The van der Waals surface area contributed by atoms with E-state index in [1.807, 2.05) is 13.8 Å². The van der Waals surface area contributed by atoms with Crippen LogP contribution in [-0.2, 0) is 18.4 Å². The van der Waals surface area contributed by atoms with Gasteiger partial charge in [0.15, 0.2) is 5.82 Å². The van der Waals surface area contributed by atoms with Crippen LogP contribution in [0.15, 0.2) is 29.5 Å². The van der Waals surface area contributed by atoms with Crippen LogP contribution in [0.4, 0.5) is 0 Å². The van der Waals surface area contributed by atoms with E-state index in [1.54, 1.807) is 34.9 Å². The fourth-order valence-electron chi connectivity index (χ4n) is 2.40. The molecule has 0 spiro atoms. The summed E-state index contributed by atoms with van der Waals surface area (Å²) >= 11 is 0. The zero-order valence-electron chi connectivity index (χ0n) is 14.2. The summed E-state index contributed by atoms with van der Waals surface area (Å²) in [7, 11) is 1.80. The Hall–Kier alpha value is -3.23. The van der Waals surface area contributed by atoms with Gasteiger partial charge in [-0.1, -0.05) is 0 Å². The summed E-state index contributed by atoms with van der Waals surface area (Å²) in [5.41, 5.74) is 0.792. The maximum atomic E-state index is 12.2. The molecule has 0 aliphatic rings. The molecule has 9 heteroatoms. The summed E-state index contributed by atoms with van der Waals surface area (Å²) in [6, 6.07) is 1.85. The molecule has 0 fully saturated rings. The van der Waals surface area contributed by atoms with Crippen LogP contribution in [0.5, 0.6) is 0 Å². The van der Waals surface area contributed by atoms with Crippen LogP contribution >= 0.6 is 0 Å². The Balaban J connectivity index is 1.74. The van der Waals surface area contributed by atoms with Crippen LogP contribution < -0.4 is 10.9 Å². The Bertz CT molecular complexity index is 993. The van der Waals surface area contributed by atoms with Gasteiger partial charge in [-0.05, 0) is 26.0 Å². The van der Waals surface area contributed by atoms with E-state index in [0.29, 0.717) is 17.0 Å². The molecule has 0 saturated carbocycles. The number of carbonyl (C=O) groups is 1. The Labute approximate surface area is 143 Å². The van der Waals surface area contributed by atoms with Crippen LogP contribution in [0.2, 0.25) is 0 Å². The number of H-pyrrole nitrogens is 1. The molecule has 0 saturated heterocycles. The predicted octanol–water partition coefficient (Wildman–Crippen LogP) is 0.764. The minimum Gasteiger partial charge on any atom is -0.345 e. The summed E-state index contributed by atoms with van der Waals surface area (Å²) in [4.78, 5) is 26.9. The average Bonchev–Trinajstić information content (AvgIpc) is 3.16. The molecule has 3 aromatic rings. The number of aromatic nitrogens is 6. The quantitative estimate of drug-likeness (QED) is 0.666. The molecule has 3 aromatic heterocycles. The van der Waals surface area contributed by atoms with E-state index in [9.17, 15) is 9.59 Å². The van der Waals surface area contributed by atoms with Crippen molar-refractivity contribution in [2.24, 2.45) is 7.05 Å². The zero-order chi connectivity index (χ0) is 18.0. The molecule has 0 aromatic carbocycles. The maximum absolute atomic E-state index is 12.2. The van der Waals surface area contributed by atoms with Gasteiger partial charge >= 0.3 is 0 Å². The highest BCUT2D eigenvalue weighted by Crippen LogP contribution is 2.15. The van der Waals surface area contributed by atoms with Crippen LogP contribution in [0, 0.1) is 0 Å². The molecule has 0 atom stereocenters. The largest absolute Gasteiger partial charge is 0.345 e. The third-order valence-electron chi connectivity index (χ3n) is 3.76. The van der Waals surface area contributed by atoms with Crippen molar-refractivity contribution in [2.45, 2.75) is 26.4 Å². The first-order chi connectivity index (χ1) is 12.0. The number of nitrogens with one attached hydrogen (secondary N) is 2. The lowest BCUT2D eigenvalue weighted by atomic mass is 10.2. The molecule has 9 nitrogen and oxygen atoms in total. The molecule has 130 valence electrons. The zero-order valence-corrected chi connectivity index (χ0v) is 14.2. The second-order valence-electron chi connectivity index (χ2n) is 5.95. The standard InChI is InChI=1S/C16H19N7O2/c1-10(2)23-15-12(7-19-23)6-11(16(25)20-15)4-5-14(24)17-8-13-21-18-9-22(13)3/h4-7,9-10H,8H2,1-3H3,(H,17,24)(H,20,25). The van der Waals surface area contributed by atoms with Crippen molar-refractivity contribution in [2.75, 3.05) is 0 Å². The number of rotatable bonds is 5. The van der Waals surface area contributed by atoms with E-state index < -0.39 is 0 Å². The van der Waals surface area contributed by atoms with Gasteiger partial charge in [0.2, 0.25) is 5.91 Å². The number of aryl methyl sites for hydroxylation is 1. The summed E-state index contributed by atoms with van der Waals surface area (Å²) in [6.07, 6.45) is 6.05. The third-order valence-corrected chi connectivity index (χ3v) is 3.76. The molecule has 3 rings (SSSR count). The van der Waals surface area contributed by atoms with Gasteiger partial charge in [0, 0.05) is 30.1 Å². The molecule has 25 heavy (non-hydrogen) atoms. The number of fused-ring (bicyclic) bond motifs is 1. The SMILES string of the molecule is CC(C)n1ncc2cc(C=CC(=O)NCc3nncn3C)c(=O)[nH]c21. The lowest BCUT2D eigenvalue weighted by Crippen LogP contribution is -2.22. The molecule has 0 aliphatic heterocycles. The lowest BCUT2D eigenvalue weighted by molar-refractivity contribution is -0.116. The van der Waals surface area contributed by atoms with Gasteiger partial charge in [0.25, 0.3) is 5.56 Å². The Kier molecular flexibility index (Phi) is 4.46. The Morgan fingerprint density at radius 1 is 1.44 bits per heavy atom. The summed E-state index contributed by atoms with van der Waals surface area (Å²) < 4.78 is 3.47. The van der Waals surface area contributed by atoms with Gasteiger partial charge in [-0.2, -0.15) is 5.10 Å². The fourth-order valence-corrected chi connectivity index (χ4v) is 2.40. The molecule has 0 unspecified atom stereocenters. The molecular formula is C16H19N7O2. The van der Waals surface area contributed by atoms with E-state index in [0.717, 1.165) is 5.39 Å². The van der Waals surface area contributed by atoms with Crippen LogP contribution in [-0.4, -0.2) is 35.4 Å². The lowest BCUT2D eigenvalue weighted by Gasteiger charge is -2.06. The van der Waals surface area contributed by atoms with Gasteiger partial charge in [-0.25, -0.2) is 4.68 Å². The van der Waals surface area contributed by atoms with E-state index >= 15 is 0 Å². The van der Waals surface area contributed by atoms with Crippen molar-refractivity contribution in [1.82, 2.24) is 34.8 Å². The van der Waals surface area contributed by atoms with Crippen molar-refractivity contribution in [3.63, 3.8) is 0 Å². The smallest absolute Gasteiger partial charge is 0.256 e. The monoisotopic (exact) mass is 341 g/mol. The average molecular weight is 341 g/mol. The summed E-state index contributed by atoms with van der Waals surface area (Å²) in [5, 5.41) is 15.4. The van der Waals surface area contributed by atoms with Gasteiger partial charge in [-0.3, -0.25) is 9.59 Å². The fraction of sp³-hybridized carbons (Fsp3) is 0.312. The highest BCUT2D eigenvalue weighted by molar-refractivity contribution is 5.92. The van der Waals surface area contributed by atoms with Crippen molar-refractivity contribution >= 4 is 23.0 Å². The van der Waals surface area contributed by atoms with Crippen molar-refractivity contribution < 1.29 is 4.79 Å². The van der Waals surface area contributed by atoms with E-state index in [2.05, 4.69) is 25.6 Å². The molecule has 3 heterocycles. The topological polar surface area (TPSA) is 110 Å². The van der Waals surface area contributed by atoms with E-state index in [4.69, 9.17) is 0 Å². The first kappa shape index (κ1) is 16.6. The maximum Gasteiger partial charge on any atom is 0.256 e. The normalized spacial score (nSPS) is 11.7. The highest BCUT2D eigenvalue weighted by Gasteiger charge is 2.09.